The lowest BCUT2D eigenvalue weighted by molar-refractivity contribution is -0.362. The minimum absolute atomic E-state index is 0.0835. The van der Waals surface area contributed by atoms with Crippen LogP contribution in [0.3, 0.4) is 0 Å². The van der Waals surface area contributed by atoms with Gasteiger partial charge in [-0.15, -0.1) is 0 Å². The van der Waals surface area contributed by atoms with Crippen LogP contribution in [-0.4, -0.2) is 146 Å². The molecule has 1 spiro atoms. The molecule has 4 saturated heterocycles. The first-order valence-corrected chi connectivity index (χ1v) is 19.6. The van der Waals surface area contributed by atoms with Gasteiger partial charge in [-0.05, 0) is 68.1 Å². The second kappa shape index (κ2) is 13.4. The third-order valence-corrected chi connectivity index (χ3v) is 15.5. The Bertz CT molecular complexity index is 1370. The van der Waals surface area contributed by atoms with Gasteiger partial charge in [0, 0.05) is 23.7 Å². The van der Waals surface area contributed by atoms with E-state index in [9.17, 15) is 40.9 Å². The maximum atomic E-state index is 11.3. The number of fused-ring (bicyclic) bond motifs is 7. The van der Waals surface area contributed by atoms with E-state index < -0.39 is 90.9 Å². The van der Waals surface area contributed by atoms with E-state index >= 15 is 0 Å². The van der Waals surface area contributed by atoms with E-state index in [1.165, 1.54) is 6.92 Å². The van der Waals surface area contributed by atoms with Gasteiger partial charge >= 0.3 is 0 Å². The Morgan fingerprint density at radius 2 is 1.56 bits per heavy atom. The summed E-state index contributed by atoms with van der Waals surface area (Å²) < 4.78 is 37.5. The normalized spacial score (nSPS) is 60.4. The Balaban J connectivity index is 1.04. The summed E-state index contributed by atoms with van der Waals surface area (Å²) in [6.45, 7) is 10.2. The Hall–Kier alpha value is -0.820. The van der Waals surface area contributed by atoms with E-state index in [2.05, 4.69) is 26.8 Å². The Kier molecular flexibility index (Phi) is 9.81. The molecule has 8 N–H and O–H groups in total. The predicted molar refractivity (Wildman–Crippen MR) is 180 cm³/mol. The third kappa shape index (κ3) is 5.49. The van der Waals surface area contributed by atoms with Crippen molar-refractivity contribution in [3.8, 4) is 0 Å². The first-order chi connectivity index (χ1) is 24.5. The topological polar surface area (TPSA) is 217 Å². The standard InChI is InChI=1S/C38H60O14/c1-15-13-48-38(33(46)27(15)41)16(2)26-24(52-38)12-22-20-7-6-18-10-19(39)11-25(37(18,5)21(20)8-9-36(22,26)4)50-35-32(29(43)23(40)14-47-35)51-34-31(45)30(44)28(42)17(3)49-34/h6,15-17,19-35,39-46H,7-14H2,1-5H3/t15-,16-,17-,19+,20+,21-,22-,23-,24-,25+,26-,27-,28-,29-,30+,31+,32+,33-,34-,35-,36-,37-,38-/m0/s1. The zero-order valence-electron chi connectivity index (χ0n) is 30.8. The highest BCUT2D eigenvalue weighted by Crippen LogP contribution is 2.71. The molecule has 4 heterocycles. The van der Waals surface area contributed by atoms with Crippen molar-refractivity contribution in [2.75, 3.05) is 13.2 Å². The first kappa shape index (κ1) is 38.1. The molecule has 4 aliphatic heterocycles. The molecular weight excluding hydrogens is 680 g/mol. The van der Waals surface area contributed by atoms with Crippen LogP contribution < -0.4 is 0 Å². The molecule has 296 valence electrons. The molecule has 14 heteroatoms. The molecule has 8 aliphatic rings. The lowest BCUT2D eigenvalue weighted by atomic mass is 9.46. The van der Waals surface area contributed by atoms with E-state index in [1.54, 1.807) is 0 Å². The van der Waals surface area contributed by atoms with Crippen molar-refractivity contribution >= 4 is 0 Å². The van der Waals surface area contributed by atoms with Gasteiger partial charge in [-0.2, -0.15) is 0 Å². The maximum absolute atomic E-state index is 11.3. The van der Waals surface area contributed by atoms with Crippen LogP contribution in [0.1, 0.15) is 73.1 Å². The summed E-state index contributed by atoms with van der Waals surface area (Å²) >= 11 is 0. The number of aliphatic hydroxyl groups excluding tert-OH is 8. The van der Waals surface area contributed by atoms with E-state index in [-0.39, 0.29) is 41.8 Å². The SMILES string of the molecule is C[C@@H]1O[C@@H](O[C@H]2[C@H](O[C@@H]3C[C@H](O)CC4=CC[C@H]5[C@@H]6C[C@@H]7O[C@@]8(OC[C@H](C)[C@H](O)[C@@H]8O)[C@@H](C)[C@@H]7[C@@]6(C)CC[C@@H]5[C@]43C)OC[C@H](O)[C@@H]2O)[C@H](O)[C@H](O)[C@H]1O. The molecule has 23 atom stereocenters. The van der Waals surface area contributed by atoms with Gasteiger partial charge in [-0.1, -0.05) is 39.3 Å². The highest BCUT2D eigenvalue weighted by molar-refractivity contribution is 5.29. The molecule has 14 nitrogen and oxygen atoms in total. The average molecular weight is 741 g/mol. The van der Waals surface area contributed by atoms with E-state index in [0.29, 0.717) is 31.3 Å². The van der Waals surface area contributed by atoms with Crippen LogP contribution in [0.25, 0.3) is 0 Å². The van der Waals surface area contributed by atoms with Crippen LogP contribution in [0, 0.1) is 46.3 Å². The van der Waals surface area contributed by atoms with Gasteiger partial charge in [0.2, 0.25) is 0 Å². The fourth-order valence-electron chi connectivity index (χ4n) is 12.5. The van der Waals surface area contributed by atoms with Crippen LogP contribution in [0.4, 0.5) is 0 Å². The molecular formula is C38H60O14. The highest BCUT2D eigenvalue weighted by Gasteiger charge is 2.72. The largest absolute Gasteiger partial charge is 0.393 e. The summed E-state index contributed by atoms with van der Waals surface area (Å²) in [6, 6.07) is 0. The number of hydrogen-bond acceptors (Lipinski definition) is 14. The fourth-order valence-corrected chi connectivity index (χ4v) is 12.5. The minimum Gasteiger partial charge on any atom is -0.393 e. The van der Waals surface area contributed by atoms with Gasteiger partial charge in [0.25, 0.3) is 0 Å². The van der Waals surface area contributed by atoms with Crippen LogP contribution >= 0.6 is 0 Å². The Morgan fingerprint density at radius 1 is 0.808 bits per heavy atom. The van der Waals surface area contributed by atoms with E-state index in [4.69, 9.17) is 28.4 Å². The fraction of sp³-hybridized carbons (Fsp3) is 0.947. The first-order valence-electron chi connectivity index (χ1n) is 19.6. The van der Waals surface area contributed by atoms with Crippen LogP contribution in [0.5, 0.6) is 0 Å². The van der Waals surface area contributed by atoms with Gasteiger partial charge in [0.15, 0.2) is 18.4 Å². The summed E-state index contributed by atoms with van der Waals surface area (Å²) in [5.41, 5.74) is 0.554. The molecule has 0 aromatic carbocycles. The maximum Gasteiger partial charge on any atom is 0.200 e. The molecule has 3 saturated carbocycles. The summed E-state index contributed by atoms with van der Waals surface area (Å²) in [4.78, 5) is 0. The molecule has 0 unspecified atom stereocenters. The molecule has 4 aliphatic carbocycles. The summed E-state index contributed by atoms with van der Waals surface area (Å²) in [7, 11) is 0. The summed E-state index contributed by atoms with van der Waals surface area (Å²) in [6.07, 6.45) is -8.87. The van der Waals surface area contributed by atoms with Gasteiger partial charge in [-0.3, -0.25) is 0 Å². The number of allylic oxidation sites excluding steroid dienone is 1. The quantitative estimate of drug-likeness (QED) is 0.177. The minimum atomic E-state index is -1.63. The van der Waals surface area contributed by atoms with Crippen molar-refractivity contribution in [2.45, 2.75) is 165 Å². The van der Waals surface area contributed by atoms with Crippen LogP contribution in [0.15, 0.2) is 11.6 Å². The predicted octanol–water partition coefficient (Wildman–Crippen LogP) is -0.0586. The van der Waals surface area contributed by atoms with Gasteiger partial charge in [0.1, 0.15) is 42.7 Å². The summed E-state index contributed by atoms with van der Waals surface area (Å²) in [5.74, 6) is -0.564. The molecule has 7 fully saturated rings. The van der Waals surface area contributed by atoms with Crippen molar-refractivity contribution in [1.82, 2.24) is 0 Å². The summed E-state index contributed by atoms with van der Waals surface area (Å²) in [5, 5.41) is 86.3. The zero-order chi connectivity index (χ0) is 37.2. The van der Waals surface area contributed by atoms with Crippen LogP contribution in [0.2, 0.25) is 0 Å². The molecule has 0 amide bonds. The second-order valence-corrected chi connectivity index (χ2v) is 18.1. The lowest BCUT2D eigenvalue weighted by Crippen LogP contribution is -2.63. The lowest BCUT2D eigenvalue weighted by Gasteiger charge is -2.60. The number of ether oxygens (including phenoxy) is 6. The monoisotopic (exact) mass is 740 g/mol. The highest BCUT2D eigenvalue weighted by atomic mass is 16.8. The second-order valence-electron chi connectivity index (χ2n) is 18.1. The van der Waals surface area contributed by atoms with Crippen molar-refractivity contribution < 1.29 is 69.3 Å². The van der Waals surface area contributed by atoms with E-state index in [0.717, 1.165) is 31.3 Å². The Labute approximate surface area is 305 Å². The molecule has 0 aromatic heterocycles. The molecule has 52 heavy (non-hydrogen) atoms. The molecule has 0 radical (unpaired) electrons. The van der Waals surface area contributed by atoms with Crippen molar-refractivity contribution in [3.05, 3.63) is 11.6 Å². The smallest absolute Gasteiger partial charge is 0.200 e. The molecule has 8 rings (SSSR count). The Morgan fingerprint density at radius 3 is 2.31 bits per heavy atom. The van der Waals surface area contributed by atoms with Gasteiger partial charge in [-0.25, -0.2) is 0 Å². The van der Waals surface area contributed by atoms with Crippen molar-refractivity contribution in [3.63, 3.8) is 0 Å². The number of hydrogen-bond donors (Lipinski definition) is 8. The average Bonchev–Trinajstić information content (AvgIpc) is 3.57. The van der Waals surface area contributed by atoms with Gasteiger partial charge in [0.05, 0.1) is 43.7 Å². The van der Waals surface area contributed by atoms with E-state index in [1.807, 2.05) is 6.92 Å². The zero-order valence-corrected chi connectivity index (χ0v) is 30.8. The molecule has 0 bridgehead atoms. The van der Waals surface area contributed by atoms with Crippen molar-refractivity contribution in [2.24, 2.45) is 46.3 Å². The number of aliphatic hydroxyl groups is 8. The third-order valence-electron chi connectivity index (χ3n) is 15.5. The van der Waals surface area contributed by atoms with Gasteiger partial charge < -0.3 is 69.3 Å². The number of rotatable bonds is 4. The van der Waals surface area contributed by atoms with Crippen LogP contribution in [-0.2, 0) is 28.4 Å². The molecule has 0 aromatic rings. The van der Waals surface area contributed by atoms with Crippen molar-refractivity contribution in [1.29, 1.82) is 0 Å².